The molecule has 2 unspecified atom stereocenters. The number of fused-ring (bicyclic) bond motifs is 1. The summed E-state index contributed by atoms with van der Waals surface area (Å²) in [4.78, 5) is 0. The minimum atomic E-state index is -0.404. The molecule has 0 spiro atoms. The quantitative estimate of drug-likeness (QED) is 0.924. The van der Waals surface area contributed by atoms with Crippen LogP contribution < -0.4 is 4.74 Å². The third-order valence-corrected chi connectivity index (χ3v) is 4.26. The summed E-state index contributed by atoms with van der Waals surface area (Å²) in [5.41, 5.74) is 4.88. The van der Waals surface area contributed by atoms with Crippen molar-refractivity contribution in [1.82, 2.24) is 0 Å². The van der Waals surface area contributed by atoms with Crippen molar-refractivity contribution in [2.24, 2.45) is 0 Å². The van der Waals surface area contributed by atoms with Crippen LogP contribution in [0, 0.1) is 13.8 Å². The van der Waals surface area contributed by atoms with Crippen molar-refractivity contribution >= 4 is 0 Å². The van der Waals surface area contributed by atoms with Crippen molar-refractivity contribution in [1.29, 1.82) is 0 Å². The van der Waals surface area contributed by atoms with Crippen molar-refractivity contribution in [2.45, 2.75) is 32.3 Å². The number of aliphatic hydroxyl groups is 1. The van der Waals surface area contributed by atoms with Crippen LogP contribution in [0.15, 0.2) is 42.5 Å². The van der Waals surface area contributed by atoms with Gasteiger partial charge in [-0.1, -0.05) is 36.4 Å². The molecule has 0 aromatic heterocycles. The van der Waals surface area contributed by atoms with Crippen molar-refractivity contribution in [2.75, 3.05) is 6.61 Å². The molecule has 1 aliphatic heterocycles. The number of aryl methyl sites for hydroxylation is 2. The molecule has 104 valence electrons. The Morgan fingerprint density at radius 1 is 1.10 bits per heavy atom. The maximum atomic E-state index is 10.6. The molecule has 0 bridgehead atoms. The first-order valence-electron chi connectivity index (χ1n) is 7.11. The van der Waals surface area contributed by atoms with Crippen LogP contribution in [0.2, 0.25) is 0 Å². The third kappa shape index (κ3) is 2.32. The van der Waals surface area contributed by atoms with Crippen LogP contribution in [0.25, 0.3) is 0 Å². The van der Waals surface area contributed by atoms with E-state index in [1.807, 2.05) is 18.2 Å². The number of benzene rings is 2. The zero-order valence-electron chi connectivity index (χ0n) is 12.0. The van der Waals surface area contributed by atoms with Gasteiger partial charge >= 0.3 is 0 Å². The first-order valence-corrected chi connectivity index (χ1v) is 7.11. The van der Waals surface area contributed by atoms with Crippen molar-refractivity contribution in [3.8, 4) is 5.75 Å². The molecule has 0 aliphatic carbocycles. The average Bonchev–Trinajstić information content (AvgIpc) is 2.87. The van der Waals surface area contributed by atoms with Gasteiger partial charge in [0.1, 0.15) is 5.75 Å². The van der Waals surface area contributed by atoms with E-state index in [0.717, 1.165) is 11.3 Å². The Labute approximate surface area is 120 Å². The number of ether oxygens (including phenoxy) is 1. The van der Waals surface area contributed by atoms with Crippen LogP contribution in [0.4, 0.5) is 0 Å². The van der Waals surface area contributed by atoms with Crippen LogP contribution in [0.3, 0.4) is 0 Å². The van der Waals surface area contributed by atoms with Crippen molar-refractivity contribution in [3.63, 3.8) is 0 Å². The topological polar surface area (TPSA) is 29.5 Å². The van der Waals surface area contributed by atoms with Crippen LogP contribution in [-0.2, 0) is 6.42 Å². The average molecular weight is 268 g/mol. The highest BCUT2D eigenvalue weighted by Crippen LogP contribution is 2.36. The first-order chi connectivity index (χ1) is 9.66. The van der Waals surface area contributed by atoms with Gasteiger partial charge < -0.3 is 9.84 Å². The Balaban J connectivity index is 1.83. The second-order valence-electron chi connectivity index (χ2n) is 5.60. The predicted molar refractivity (Wildman–Crippen MR) is 80.3 cm³/mol. The lowest BCUT2D eigenvalue weighted by Gasteiger charge is -2.19. The summed E-state index contributed by atoms with van der Waals surface area (Å²) < 4.78 is 5.67. The lowest BCUT2D eigenvalue weighted by Crippen LogP contribution is -2.23. The highest BCUT2D eigenvalue weighted by atomic mass is 16.5. The summed E-state index contributed by atoms with van der Waals surface area (Å²) in [5.74, 6) is 0.989. The molecule has 0 saturated carbocycles. The highest BCUT2D eigenvalue weighted by molar-refractivity contribution is 5.41. The van der Waals surface area contributed by atoms with E-state index >= 15 is 0 Å². The second kappa shape index (κ2) is 5.29. The molecule has 2 heteroatoms. The molecule has 2 atom stereocenters. The van der Waals surface area contributed by atoms with Crippen LogP contribution in [0.1, 0.15) is 28.2 Å². The SMILES string of the molecule is Cc1cccc(C)c1CC(O)C1COc2ccccc21. The standard InChI is InChI=1S/C18H20O2/c1-12-6-5-7-13(2)15(12)10-17(19)16-11-20-18-9-4-3-8-14(16)18/h3-9,16-17,19H,10-11H2,1-2H3. The number of aliphatic hydroxyl groups excluding tert-OH is 1. The molecule has 1 N–H and O–H groups in total. The molecule has 0 radical (unpaired) electrons. The van der Waals surface area contributed by atoms with E-state index in [1.54, 1.807) is 0 Å². The van der Waals surface area contributed by atoms with E-state index in [0.29, 0.717) is 13.0 Å². The molecule has 2 aromatic rings. The van der Waals surface area contributed by atoms with Gasteiger partial charge in [-0.3, -0.25) is 0 Å². The van der Waals surface area contributed by atoms with Gasteiger partial charge in [0.05, 0.1) is 12.7 Å². The molecule has 2 nitrogen and oxygen atoms in total. The number of rotatable bonds is 3. The zero-order valence-corrected chi connectivity index (χ0v) is 12.0. The Hall–Kier alpha value is -1.80. The van der Waals surface area contributed by atoms with E-state index in [2.05, 4.69) is 38.1 Å². The normalized spacial score (nSPS) is 18.4. The largest absolute Gasteiger partial charge is 0.493 e. The Kier molecular flexibility index (Phi) is 3.49. The lowest BCUT2D eigenvalue weighted by atomic mass is 9.88. The fourth-order valence-electron chi connectivity index (χ4n) is 3.03. The smallest absolute Gasteiger partial charge is 0.123 e. The van der Waals surface area contributed by atoms with Crippen molar-refractivity contribution < 1.29 is 9.84 Å². The van der Waals surface area contributed by atoms with Gasteiger partial charge in [0, 0.05) is 11.5 Å². The van der Waals surface area contributed by atoms with E-state index in [-0.39, 0.29) is 5.92 Å². The van der Waals surface area contributed by atoms with Gasteiger partial charge in [0.2, 0.25) is 0 Å². The van der Waals surface area contributed by atoms with Gasteiger partial charge in [-0.15, -0.1) is 0 Å². The fraction of sp³-hybridized carbons (Fsp3) is 0.333. The molecule has 0 saturated heterocycles. The first kappa shape index (κ1) is 13.2. The summed E-state index contributed by atoms with van der Waals surface area (Å²) in [6.45, 7) is 4.79. The lowest BCUT2D eigenvalue weighted by molar-refractivity contribution is 0.128. The Morgan fingerprint density at radius 2 is 1.80 bits per heavy atom. The molecular weight excluding hydrogens is 248 g/mol. The molecule has 1 heterocycles. The van der Waals surface area contributed by atoms with Gasteiger partial charge in [-0.05, 0) is 43.0 Å². The third-order valence-electron chi connectivity index (χ3n) is 4.26. The summed E-state index contributed by atoms with van der Waals surface area (Å²) in [7, 11) is 0. The van der Waals surface area contributed by atoms with Gasteiger partial charge in [0.25, 0.3) is 0 Å². The number of hydrogen-bond donors (Lipinski definition) is 1. The van der Waals surface area contributed by atoms with Gasteiger partial charge in [-0.25, -0.2) is 0 Å². The Morgan fingerprint density at radius 3 is 2.55 bits per heavy atom. The minimum absolute atomic E-state index is 0.0743. The molecule has 0 fully saturated rings. The van der Waals surface area contributed by atoms with E-state index in [9.17, 15) is 5.11 Å². The maximum absolute atomic E-state index is 10.6. The minimum Gasteiger partial charge on any atom is -0.493 e. The summed E-state index contributed by atoms with van der Waals surface area (Å²) in [6, 6.07) is 14.3. The number of para-hydroxylation sites is 1. The van der Waals surface area contributed by atoms with E-state index < -0.39 is 6.10 Å². The number of hydrogen-bond acceptors (Lipinski definition) is 2. The fourth-order valence-corrected chi connectivity index (χ4v) is 3.03. The molecule has 0 amide bonds. The summed E-state index contributed by atoms with van der Waals surface area (Å²) in [5, 5.41) is 10.6. The molecule has 20 heavy (non-hydrogen) atoms. The monoisotopic (exact) mass is 268 g/mol. The van der Waals surface area contributed by atoms with Gasteiger partial charge in [-0.2, -0.15) is 0 Å². The predicted octanol–water partition coefficient (Wildman–Crippen LogP) is 3.38. The van der Waals surface area contributed by atoms with E-state index in [4.69, 9.17) is 4.74 Å². The van der Waals surface area contributed by atoms with Crippen LogP contribution >= 0.6 is 0 Å². The zero-order chi connectivity index (χ0) is 14.1. The van der Waals surface area contributed by atoms with Crippen LogP contribution in [-0.4, -0.2) is 17.8 Å². The van der Waals surface area contributed by atoms with E-state index in [1.165, 1.54) is 16.7 Å². The van der Waals surface area contributed by atoms with Crippen molar-refractivity contribution in [3.05, 3.63) is 64.7 Å². The van der Waals surface area contributed by atoms with Crippen LogP contribution in [0.5, 0.6) is 5.75 Å². The molecule has 2 aromatic carbocycles. The molecular formula is C18H20O2. The highest BCUT2D eigenvalue weighted by Gasteiger charge is 2.30. The Bertz CT molecular complexity index is 598. The molecule has 1 aliphatic rings. The van der Waals surface area contributed by atoms with Gasteiger partial charge in [0.15, 0.2) is 0 Å². The second-order valence-corrected chi connectivity index (χ2v) is 5.60. The maximum Gasteiger partial charge on any atom is 0.123 e. The summed E-state index contributed by atoms with van der Waals surface area (Å²) in [6.07, 6.45) is 0.277. The summed E-state index contributed by atoms with van der Waals surface area (Å²) >= 11 is 0. The molecule has 3 rings (SSSR count).